The molecule has 2 amide bonds. The average Bonchev–Trinajstić information content (AvgIpc) is 2.93. The normalized spacial score (nSPS) is 12.7. The van der Waals surface area contributed by atoms with Crippen LogP contribution in [0, 0.1) is 0 Å². The topological polar surface area (TPSA) is 93.5 Å². The van der Waals surface area contributed by atoms with E-state index in [0.717, 1.165) is 11.1 Å². The van der Waals surface area contributed by atoms with Crippen molar-refractivity contribution in [3.8, 4) is 0 Å². The summed E-state index contributed by atoms with van der Waals surface area (Å²) in [5.74, 6) is 0.0627. The Morgan fingerprint density at radius 1 is 1.33 bits per heavy atom. The number of carbonyl (C=O) groups is 2. The molecule has 1 aromatic carbocycles. The van der Waals surface area contributed by atoms with Crippen molar-refractivity contribution in [2.24, 2.45) is 0 Å². The summed E-state index contributed by atoms with van der Waals surface area (Å²) in [5.41, 5.74) is 2.62. The lowest BCUT2D eigenvalue weighted by atomic mass is 9.87. The zero-order valence-electron chi connectivity index (χ0n) is 14.6. The number of carbonyl (C=O) groups excluding carboxylic acids is 2. The van der Waals surface area contributed by atoms with Crippen LogP contribution in [-0.2, 0) is 21.5 Å². The van der Waals surface area contributed by atoms with E-state index in [0.29, 0.717) is 11.5 Å². The highest BCUT2D eigenvalue weighted by molar-refractivity contribution is 5.85. The van der Waals surface area contributed by atoms with Crippen LogP contribution in [0.5, 0.6) is 0 Å². The standard InChI is InChI=1S/C17H23N3O4/c1-10(19-16(22)23-5)15(21)18-9-14-20-12-8-11(17(2,3)4)6-7-13(12)24-14/h6-8,10H,9H2,1-5H3,(H,18,21)(H,19,22)/t10-/m0/s1. The van der Waals surface area contributed by atoms with Crippen molar-refractivity contribution in [3.63, 3.8) is 0 Å². The number of hydrogen-bond donors (Lipinski definition) is 2. The summed E-state index contributed by atoms with van der Waals surface area (Å²) in [6.07, 6.45) is -0.658. The highest BCUT2D eigenvalue weighted by atomic mass is 16.5. The highest BCUT2D eigenvalue weighted by Crippen LogP contribution is 2.26. The van der Waals surface area contributed by atoms with Gasteiger partial charge in [0.2, 0.25) is 11.8 Å². The third-order valence-corrected chi connectivity index (χ3v) is 3.62. The van der Waals surface area contributed by atoms with E-state index in [1.165, 1.54) is 7.11 Å². The van der Waals surface area contributed by atoms with E-state index in [9.17, 15) is 9.59 Å². The maximum absolute atomic E-state index is 11.9. The molecule has 130 valence electrons. The lowest BCUT2D eigenvalue weighted by molar-refractivity contribution is -0.122. The van der Waals surface area contributed by atoms with Gasteiger partial charge in [0.25, 0.3) is 0 Å². The predicted molar refractivity (Wildman–Crippen MR) is 89.6 cm³/mol. The fourth-order valence-corrected chi connectivity index (χ4v) is 2.13. The smallest absolute Gasteiger partial charge is 0.407 e. The first-order valence-electron chi connectivity index (χ1n) is 7.73. The number of rotatable bonds is 4. The van der Waals surface area contributed by atoms with E-state index in [-0.39, 0.29) is 17.9 Å². The molecule has 0 saturated heterocycles. The molecule has 0 aliphatic carbocycles. The van der Waals surface area contributed by atoms with Crippen LogP contribution in [0.4, 0.5) is 4.79 Å². The molecule has 2 aromatic rings. The molecule has 0 radical (unpaired) electrons. The number of benzene rings is 1. The third-order valence-electron chi connectivity index (χ3n) is 3.62. The number of methoxy groups -OCH3 is 1. The van der Waals surface area contributed by atoms with Gasteiger partial charge in [-0.05, 0) is 30.0 Å². The average molecular weight is 333 g/mol. The number of oxazole rings is 1. The first kappa shape index (κ1) is 17.8. The molecule has 0 unspecified atom stereocenters. The van der Waals surface area contributed by atoms with Crippen LogP contribution in [0.1, 0.15) is 39.1 Å². The van der Waals surface area contributed by atoms with E-state index >= 15 is 0 Å². The number of aromatic nitrogens is 1. The summed E-state index contributed by atoms with van der Waals surface area (Å²) in [6.45, 7) is 8.10. The van der Waals surface area contributed by atoms with Crippen molar-refractivity contribution in [1.82, 2.24) is 15.6 Å². The molecular weight excluding hydrogens is 310 g/mol. The van der Waals surface area contributed by atoms with Crippen molar-refractivity contribution < 1.29 is 18.7 Å². The molecule has 7 heteroatoms. The zero-order chi connectivity index (χ0) is 17.9. The second-order valence-electron chi connectivity index (χ2n) is 6.62. The SMILES string of the molecule is COC(=O)N[C@@H](C)C(=O)NCc1nc2cc(C(C)(C)C)ccc2o1. The summed E-state index contributed by atoms with van der Waals surface area (Å²) in [5, 5.41) is 5.06. The molecule has 2 rings (SSSR count). The van der Waals surface area contributed by atoms with E-state index in [1.54, 1.807) is 6.92 Å². The molecule has 0 aliphatic rings. The lowest BCUT2D eigenvalue weighted by Gasteiger charge is -2.18. The number of fused-ring (bicyclic) bond motifs is 1. The van der Waals surface area contributed by atoms with Gasteiger partial charge in [-0.3, -0.25) is 4.79 Å². The van der Waals surface area contributed by atoms with Crippen LogP contribution in [0.15, 0.2) is 22.6 Å². The zero-order valence-corrected chi connectivity index (χ0v) is 14.6. The molecule has 1 aromatic heterocycles. The van der Waals surface area contributed by atoms with Crippen LogP contribution in [0.25, 0.3) is 11.1 Å². The van der Waals surface area contributed by atoms with Gasteiger partial charge < -0.3 is 19.8 Å². The summed E-state index contributed by atoms with van der Waals surface area (Å²) in [7, 11) is 1.24. The number of nitrogens with one attached hydrogen (secondary N) is 2. The molecule has 24 heavy (non-hydrogen) atoms. The van der Waals surface area contributed by atoms with Gasteiger partial charge in [-0.2, -0.15) is 0 Å². The molecule has 1 atom stereocenters. The minimum Gasteiger partial charge on any atom is -0.453 e. The van der Waals surface area contributed by atoms with Gasteiger partial charge in [0.1, 0.15) is 11.6 Å². The van der Waals surface area contributed by atoms with Crippen molar-refractivity contribution in [1.29, 1.82) is 0 Å². The molecule has 1 heterocycles. The number of alkyl carbamates (subject to hydrolysis) is 1. The van der Waals surface area contributed by atoms with Gasteiger partial charge in [0.15, 0.2) is 5.58 Å². The van der Waals surface area contributed by atoms with Gasteiger partial charge in [-0.25, -0.2) is 9.78 Å². The Hall–Kier alpha value is -2.57. The van der Waals surface area contributed by atoms with Crippen molar-refractivity contribution >= 4 is 23.1 Å². The minimum atomic E-state index is -0.714. The summed E-state index contributed by atoms with van der Waals surface area (Å²) >= 11 is 0. The molecule has 0 bridgehead atoms. The highest BCUT2D eigenvalue weighted by Gasteiger charge is 2.18. The molecule has 0 saturated carbocycles. The monoisotopic (exact) mass is 333 g/mol. The molecule has 2 N–H and O–H groups in total. The Morgan fingerprint density at radius 2 is 2.04 bits per heavy atom. The van der Waals surface area contributed by atoms with E-state index in [2.05, 4.69) is 41.1 Å². The minimum absolute atomic E-state index is 0.0243. The first-order chi connectivity index (χ1) is 11.2. The number of amides is 2. The van der Waals surface area contributed by atoms with Crippen LogP contribution in [0.2, 0.25) is 0 Å². The second-order valence-corrected chi connectivity index (χ2v) is 6.62. The lowest BCUT2D eigenvalue weighted by Crippen LogP contribution is -2.44. The van der Waals surface area contributed by atoms with Crippen LogP contribution < -0.4 is 10.6 Å². The summed E-state index contributed by atoms with van der Waals surface area (Å²) in [4.78, 5) is 27.4. The van der Waals surface area contributed by atoms with Crippen molar-refractivity contribution in [3.05, 3.63) is 29.7 Å². The largest absolute Gasteiger partial charge is 0.453 e. The fraction of sp³-hybridized carbons (Fsp3) is 0.471. The summed E-state index contributed by atoms with van der Waals surface area (Å²) in [6, 6.07) is 5.17. The van der Waals surface area contributed by atoms with Gasteiger partial charge in [-0.1, -0.05) is 26.8 Å². The number of nitrogens with zero attached hydrogens (tertiary/aromatic N) is 1. The van der Waals surface area contributed by atoms with Crippen LogP contribution in [-0.4, -0.2) is 30.1 Å². The Morgan fingerprint density at radius 3 is 2.67 bits per heavy atom. The van der Waals surface area contributed by atoms with Crippen molar-refractivity contribution in [2.45, 2.75) is 45.7 Å². The van der Waals surface area contributed by atoms with Crippen LogP contribution >= 0.6 is 0 Å². The van der Waals surface area contributed by atoms with E-state index < -0.39 is 12.1 Å². The van der Waals surface area contributed by atoms with Crippen molar-refractivity contribution in [2.75, 3.05) is 7.11 Å². The van der Waals surface area contributed by atoms with E-state index in [1.807, 2.05) is 18.2 Å². The first-order valence-corrected chi connectivity index (χ1v) is 7.73. The number of ether oxygens (including phenoxy) is 1. The third kappa shape index (κ3) is 4.24. The van der Waals surface area contributed by atoms with Gasteiger partial charge in [0, 0.05) is 0 Å². The molecule has 0 aliphatic heterocycles. The fourth-order valence-electron chi connectivity index (χ4n) is 2.13. The Balaban J connectivity index is 2.03. The maximum atomic E-state index is 11.9. The maximum Gasteiger partial charge on any atom is 0.407 e. The quantitative estimate of drug-likeness (QED) is 0.896. The molecule has 0 fully saturated rings. The van der Waals surface area contributed by atoms with Crippen LogP contribution in [0.3, 0.4) is 0 Å². The Kier molecular flexibility index (Phi) is 5.11. The number of hydrogen-bond acceptors (Lipinski definition) is 5. The molecular formula is C17H23N3O4. The Labute approximate surface area is 140 Å². The van der Waals surface area contributed by atoms with Gasteiger partial charge in [0.05, 0.1) is 13.7 Å². The van der Waals surface area contributed by atoms with Gasteiger partial charge >= 0.3 is 6.09 Å². The van der Waals surface area contributed by atoms with E-state index in [4.69, 9.17) is 4.42 Å². The second kappa shape index (κ2) is 6.90. The predicted octanol–water partition coefficient (Wildman–Crippen LogP) is 2.49. The van der Waals surface area contributed by atoms with Gasteiger partial charge in [-0.15, -0.1) is 0 Å². The Bertz CT molecular complexity index is 746. The summed E-state index contributed by atoms with van der Waals surface area (Å²) < 4.78 is 10.1. The molecule has 7 nitrogen and oxygen atoms in total. The molecule has 0 spiro atoms.